The number of nitrogens with one attached hydrogen (secondary N) is 1. The van der Waals surface area contributed by atoms with Crippen molar-refractivity contribution in [1.82, 2.24) is 4.90 Å². The number of aryl methyl sites for hydroxylation is 1. The van der Waals surface area contributed by atoms with Gasteiger partial charge in [-0.15, -0.1) is 6.42 Å². The number of carbonyl (C=O) groups is 2. The Morgan fingerprint density at radius 2 is 2.11 bits per heavy atom. The standard InChI is InChI=1S/C14H16N2O3/c1-3-10-16(2)14(19)15-12-7-5-4-6-11(12)8-9-13(17)18/h1,4-7H,8-10H2,2H3,(H,15,19)(H,17,18). The number of para-hydroxylation sites is 1. The number of rotatable bonds is 5. The number of nitrogens with zero attached hydrogens (tertiary/aromatic N) is 1. The van der Waals surface area contributed by atoms with Crippen LogP contribution in [0.25, 0.3) is 0 Å². The fourth-order valence-electron chi connectivity index (χ4n) is 1.52. The molecule has 0 aliphatic heterocycles. The van der Waals surface area contributed by atoms with Crippen molar-refractivity contribution in [1.29, 1.82) is 0 Å². The number of hydrogen-bond donors (Lipinski definition) is 2. The maximum atomic E-state index is 11.8. The number of carbonyl (C=O) groups excluding carboxylic acids is 1. The van der Waals surface area contributed by atoms with E-state index in [4.69, 9.17) is 11.5 Å². The Bertz CT molecular complexity index is 506. The summed E-state index contributed by atoms with van der Waals surface area (Å²) >= 11 is 0. The van der Waals surface area contributed by atoms with E-state index in [1.165, 1.54) is 4.90 Å². The number of amides is 2. The molecule has 0 spiro atoms. The van der Waals surface area contributed by atoms with E-state index in [9.17, 15) is 9.59 Å². The molecule has 2 N–H and O–H groups in total. The Morgan fingerprint density at radius 1 is 1.42 bits per heavy atom. The van der Waals surface area contributed by atoms with Gasteiger partial charge in [-0.3, -0.25) is 4.79 Å². The zero-order chi connectivity index (χ0) is 14.3. The van der Waals surface area contributed by atoms with Gasteiger partial charge in [0.05, 0.1) is 6.54 Å². The Kier molecular flexibility index (Phi) is 5.42. The highest BCUT2D eigenvalue weighted by molar-refractivity contribution is 5.90. The zero-order valence-electron chi connectivity index (χ0n) is 10.7. The van der Waals surface area contributed by atoms with E-state index >= 15 is 0 Å². The lowest BCUT2D eigenvalue weighted by Crippen LogP contribution is -2.31. The van der Waals surface area contributed by atoms with Crippen LogP contribution in [0.3, 0.4) is 0 Å². The second-order valence-electron chi connectivity index (χ2n) is 4.04. The molecule has 0 bridgehead atoms. The molecule has 1 aromatic rings. The predicted molar refractivity (Wildman–Crippen MR) is 72.9 cm³/mol. The van der Waals surface area contributed by atoms with E-state index in [-0.39, 0.29) is 19.0 Å². The summed E-state index contributed by atoms with van der Waals surface area (Å²) in [5.74, 6) is 1.51. The summed E-state index contributed by atoms with van der Waals surface area (Å²) in [6.07, 6.45) is 5.52. The first-order valence-electron chi connectivity index (χ1n) is 5.80. The van der Waals surface area contributed by atoms with Crippen LogP contribution in [0.5, 0.6) is 0 Å². The smallest absolute Gasteiger partial charge is 0.322 e. The molecule has 0 atom stereocenters. The van der Waals surface area contributed by atoms with Crippen molar-refractivity contribution in [3.63, 3.8) is 0 Å². The first-order valence-corrected chi connectivity index (χ1v) is 5.80. The van der Waals surface area contributed by atoms with Gasteiger partial charge in [-0.05, 0) is 18.1 Å². The number of aliphatic carboxylic acids is 1. The lowest BCUT2D eigenvalue weighted by atomic mass is 10.1. The molecule has 0 saturated heterocycles. The van der Waals surface area contributed by atoms with Crippen molar-refractivity contribution in [2.24, 2.45) is 0 Å². The molecule has 0 fully saturated rings. The summed E-state index contributed by atoms with van der Waals surface area (Å²) in [7, 11) is 1.59. The van der Waals surface area contributed by atoms with E-state index in [1.807, 2.05) is 0 Å². The predicted octanol–water partition coefficient (Wildman–Crippen LogP) is 1.80. The van der Waals surface area contributed by atoms with Gasteiger partial charge >= 0.3 is 12.0 Å². The molecule has 2 amide bonds. The van der Waals surface area contributed by atoms with Gasteiger partial charge in [0.1, 0.15) is 0 Å². The fourth-order valence-corrected chi connectivity index (χ4v) is 1.52. The SMILES string of the molecule is C#CCN(C)C(=O)Nc1ccccc1CCC(=O)O. The number of terminal acetylenes is 1. The van der Waals surface area contributed by atoms with Crippen LogP contribution in [0.1, 0.15) is 12.0 Å². The van der Waals surface area contributed by atoms with Crippen LogP contribution >= 0.6 is 0 Å². The average Bonchev–Trinajstić information content (AvgIpc) is 2.37. The van der Waals surface area contributed by atoms with Crippen LogP contribution in [0.2, 0.25) is 0 Å². The highest BCUT2D eigenvalue weighted by Crippen LogP contribution is 2.17. The third kappa shape index (κ3) is 4.72. The molecule has 0 aliphatic carbocycles. The molecule has 0 saturated carbocycles. The van der Waals surface area contributed by atoms with E-state index in [1.54, 1.807) is 31.3 Å². The minimum atomic E-state index is -0.870. The molecular formula is C14H16N2O3. The van der Waals surface area contributed by atoms with E-state index in [0.29, 0.717) is 12.1 Å². The lowest BCUT2D eigenvalue weighted by molar-refractivity contribution is -0.136. The number of anilines is 1. The van der Waals surface area contributed by atoms with E-state index in [2.05, 4.69) is 11.2 Å². The molecule has 0 radical (unpaired) electrons. The van der Waals surface area contributed by atoms with Gasteiger partial charge in [-0.25, -0.2) is 4.79 Å². The monoisotopic (exact) mass is 260 g/mol. The van der Waals surface area contributed by atoms with Crippen molar-refractivity contribution in [3.8, 4) is 12.3 Å². The number of urea groups is 1. The molecule has 1 rings (SSSR count). The Labute approximate surface area is 112 Å². The summed E-state index contributed by atoms with van der Waals surface area (Å²) in [6, 6.07) is 6.79. The molecule has 0 aliphatic rings. The van der Waals surface area contributed by atoms with Crippen molar-refractivity contribution in [2.75, 3.05) is 18.9 Å². The maximum absolute atomic E-state index is 11.8. The summed E-state index contributed by atoms with van der Waals surface area (Å²) in [4.78, 5) is 23.7. The quantitative estimate of drug-likeness (QED) is 0.793. The van der Waals surface area contributed by atoms with Crippen LogP contribution < -0.4 is 5.32 Å². The zero-order valence-corrected chi connectivity index (χ0v) is 10.7. The van der Waals surface area contributed by atoms with E-state index in [0.717, 1.165) is 5.56 Å². The summed E-state index contributed by atoms with van der Waals surface area (Å²) < 4.78 is 0. The Hall–Kier alpha value is -2.48. The molecule has 0 aromatic heterocycles. The molecule has 5 heteroatoms. The minimum absolute atomic E-state index is 0.0209. The molecule has 5 nitrogen and oxygen atoms in total. The average molecular weight is 260 g/mol. The summed E-state index contributed by atoms with van der Waals surface area (Å²) in [6.45, 7) is 0.211. The van der Waals surface area contributed by atoms with Gasteiger partial charge in [-0.2, -0.15) is 0 Å². The van der Waals surface area contributed by atoms with Gasteiger partial charge in [0.25, 0.3) is 0 Å². The largest absolute Gasteiger partial charge is 0.481 e. The van der Waals surface area contributed by atoms with Crippen LogP contribution in [0.4, 0.5) is 10.5 Å². The second-order valence-corrected chi connectivity index (χ2v) is 4.04. The highest BCUT2D eigenvalue weighted by Gasteiger charge is 2.10. The number of carboxylic acids is 1. The second kappa shape index (κ2) is 7.07. The third-order valence-corrected chi connectivity index (χ3v) is 2.54. The molecule has 1 aromatic carbocycles. The number of benzene rings is 1. The Morgan fingerprint density at radius 3 is 2.74 bits per heavy atom. The van der Waals surface area contributed by atoms with Crippen LogP contribution in [0, 0.1) is 12.3 Å². The molecule has 0 heterocycles. The fraction of sp³-hybridized carbons (Fsp3) is 0.286. The van der Waals surface area contributed by atoms with Crippen molar-refractivity contribution in [3.05, 3.63) is 29.8 Å². The normalized spacial score (nSPS) is 9.47. The number of hydrogen-bond acceptors (Lipinski definition) is 2. The van der Waals surface area contributed by atoms with E-state index < -0.39 is 5.97 Å². The number of carboxylic acid groups (broad SMARTS) is 1. The molecule has 100 valence electrons. The minimum Gasteiger partial charge on any atom is -0.481 e. The third-order valence-electron chi connectivity index (χ3n) is 2.54. The lowest BCUT2D eigenvalue weighted by Gasteiger charge is -2.16. The van der Waals surface area contributed by atoms with Crippen LogP contribution in [-0.2, 0) is 11.2 Å². The van der Waals surface area contributed by atoms with Gasteiger partial charge in [0, 0.05) is 19.2 Å². The summed E-state index contributed by atoms with van der Waals surface area (Å²) in [5, 5.41) is 11.4. The summed E-state index contributed by atoms with van der Waals surface area (Å²) in [5.41, 5.74) is 1.39. The first-order chi connectivity index (χ1) is 9.04. The van der Waals surface area contributed by atoms with Crippen molar-refractivity contribution in [2.45, 2.75) is 12.8 Å². The molecular weight excluding hydrogens is 244 g/mol. The topological polar surface area (TPSA) is 69.6 Å². The molecule has 0 unspecified atom stereocenters. The van der Waals surface area contributed by atoms with Gasteiger partial charge < -0.3 is 15.3 Å². The highest BCUT2D eigenvalue weighted by atomic mass is 16.4. The van der Waals surface area contributed by atoms with Crippen LogP contribution in [-0.4, -0.2) is 35.6 Å². The van der Waals surface area contributed by atoms with Crippen LogP contribution in [0.15, 0.2) is 24.3 Å². The van der Waals surface area contributed by atoms with Gasteiger partial charge in [-0.1, -0.05) is 24.1 Å². The first kappa shape index (κ1) is 14.6. The van der Waals surface area contributed by atoms with Crippen molar-refractivity contribution < 1.29 is 14.7 Å². The van der Waals surface area contributed by atoms with Crippen molar-refractivity contribution >= 4 is 17.7 Å². The maximum Gasteiger partial charge on any atom is 0.322 e. The molecule has 19 heavy (non-hydrogen) atoms. The van der Waals surface area contributed by atoms with Gasteiger partial charge in [0.2, 0.25) is 0 Å². The van der Waals surface area contributed by atoms with Gasteiger partial charge in [0.15, 0.2) is 0 Å². The Balaban J connectivity index is 2.75.